The van der Waals surface area contributed by atoms with Crippen molar-refractivity contribution in [2.45, 2.75) is 38.8 Å². The van der Waals surface area contributed by atoms with Gasteiger partial charge in [0.1, 0.15) is 23.7 Å². The number of aliphatic hydroxyl groups is 1. The van der Waals surface area contributed by atoms with E-state index in [2.05, 4.69) is 10.3 Å². The Morgan fingerprint density at radius 2 is 2.07 bits per heavy atom. The van der Waals surface area contributed by atoms with Crippen LogP contribution in [0.25, 0.3) is 11.0 Å². The lowest BCUT2D eigenvalue weighted by Gasteiger charge is -2.36. The van der Waals surface area contributed by atoms with E-state index in [1.807, 2.05) is 25.1 Å². The summed E-state index contributed by atoms with van der Waals surface area (Å²) in [4.78, 5) is 17.3. The predicted octanol–water partition coefficient (Wildman–Crippen LogP) is 3.29. The van der Waals surface area contributed by atoms with Crippen molar-refractivity contribution in [1.29, 1.82) is 0 Å². The van der Waals surface area contributed by atoms with Crippen LogP contribution in [0.1, 0.15) is 40.1 Å². The second-order valence-corrected chi connectivity index (χ2v) is 7.79. The molecule has 7 heteroatoms. The van der Waals surface area contributed by atoms with Crippen molar-refractivity contribution < 1.29 is 23.8 Å². The summed E-state index contributed by atoms with van der Waals surface area (Å²) < 4.78 is 17.1. The highest BCUT2D eigenvalue weighted by Gasteiger charge is 2.35. The molecule has 1 saturated heterocycles. The predicted molar refractivity (Wildman–Crippen MR) is 112 cm³/mol. The van der Waals surface area contributed by atoms with Crippen molar-refractivity contribution in [3.05, 3.63) is 59.1 Å². The molecule has 0 spiro atoms. The number of fused-ring (bicyclic) bond motifs is 1. The summed E-state index contributed by atoms with van der Waals surface area (Å²) in [6.07, 6.45) is 4.68. The van der Waals surface area contributed by atoms with E-state index in [-0.39, 0.29) is 12.5 Å². The van der Waals surface area contributed by atoms with E-state index in [0.29, 0.717) is 60.7 Å². The maximum absolute atomic E-state index is 13.1. The highest BCUT2D eigenvalue weighted by Crippen LogP contribution is 2.31. The molecule has 1 aromatic carbocycles. The maximum atomic E-state index is 13.1. The average Bonchev–Trinajstić information content (AvgIpc) is 3.09. The zero-order valence-electron chi connectivity index (χ0n) is 17.2. The topological polar surface area (TPSA) is 93.8 Å². The van der Waals surface area contributed by atoms with E-state index in [9.17, 15) is 9.90 Å². The SMILES string of the molecule is Cc1ccncc1COc1ccc2oc(C)c(C(=O)NC3(CO)CCOCC3)c2c1. The van der Waals surface area contributed by atoms with Crippen molar-refractivity contribution in [3.63, 3.8) is 0 Å². The first-order valence-corrected chi connectivity index (χ1v) is 10.1. The monoisotopic (exact) mass is 410 g/mol. The molecule has 158 valence electrons. The number of hydrogen-bond donors (Lipinski definition) is 2. The fourth-order valence-electron chi connectivity index (χ4n) is 3.77. The summed E-state index contributed by atoms with van der Waals surface area (Å²) in [5, 5.41) is 13.6. The Balaban J connectivity index is 1.58. The third kappa shape index (κ3) is 4.04. The third-order valence-corrected chi connectivity index (χ3v) is 5.74. The number of rotatable bonds is 6. The molecule has 0 saturated carbocycles. The molecule has 3 heterocycles. The molecule has 30 heavy (non-hydrogen) atoms. The Kier molecular flexibility index (Phi) is 5.74. The van der Waals surface area contributed by atoms with Gasteiger partial charge in [-0.25, -0.2) is 0 Å². The second-order valence-electron chi connectivity index (χ2n) is 7.79. The van der Waals surface area contributed by atoms with Crippen LogP contribution in [0.2, 0.25) is 0 Å². The van der Waals surface area contributed by atoms with Gasteiger partial charge in [0.05, 0.1) is 17.7 Å². The summed E-state index contributed by atoms with van der Waals surface area (Å²) in [5.74, 6) is 0.911. The molecule has 2 N–H and O–H groups in total. The van der Waals surface area contributed by atoms with Gasteiger partial charge in [0.25, 0.3) is 5.91 Å². The van der Waals surface area contributed by atoms with Gasteiger partial charge in [0, 0.05) is 36.6 Å². The minimum atomic E-state index is -0.669. The van der Waals surface area contributed by atoms with E-state index in [4.69, 9.17) is 13.9 Å². The number of aromatic nitrogens is 1. The van der Waals surface area contributed by atoms with E-state index < -0.39 is 5.54 Å². The second kappa shape index (κ2) is 8.45. The van der Waals surface area contributed by atoms with Crippen molar-refractivity contribution in [2.24, 2.45) is 0 Å². The summed E-state index contributed by atoms with van der Waals surface area (Å²) in [6, 6.07) is 7.40. The van der Waals surface area contributed by atoms with Gasteiger partial charge < -0.3 is 24.3 Å². The van der Waals surface area contributed by atoms with E-state index >= 15 is 0 Å². The molecular weight excluding hydrogens is 384 g/mol. The lowest BCUT2D eigenvalue weighted by Crippen LogP contribution is -2.54. The summed E-state index contributed by atoms with van der Waals surface area (Å²) >= 11 is 0. The van der Waals surface area contributed by atoms with Crippen molar-refractivity contribution in [1.82, 2.24) is 10.3 Å². The number of aryl methyl sites for hydroxylation is 2. The number of furan rings is 1. The molecule has 3 aromatic rings. The number of nitrogens with one attached hydrogen (secondary N) is 1. The number of hydrogen-bond acceptors (Lipinski definition) is 6. The standard InChI is InChI=1S/C23H26N2O5/c1-15-5-8-24-12-17(15)13-29-18-3-4-20-19(11-18)21(16(2)30-20)22(27)25-23(14-26)6-9-28-10-7-23/h3-5,8,11-12,26H,6-7,9-10,13-14H2,1-2H3,(H,25,27). The van der Waals surface area contributed by atoms with Gasteiger partial charge in [0.2, 0.25) is 0 Å². The largest absolute Gasteiger partial charge is 0.489 e. The van der Waals surface area contributed by atoms with Gasteiger partial charge in [-0.2, -0.15) is 0 Å². The number of pyridine rings is 1. The van der Waals surface area contributed by atoms with Crippen LogP contribution in [0.15, 0.2) is 41.1 Å². The van der Waals surface area contributed by atoms with E-state index in [1.165, 1.54) is 0 Å². The van der Waals surface area contributed by atoms with Gasteiger partial charge >= 0.3 is 0 Å². The summed E-state index contributed by atoms with van der Waals surface area (Å²) in [7, 11) is 0. The first-order valence-electron chi connectivity index (χ1n) is 10.1. The number of nitrogens with zero attached hydrogens (tertiary/aromatic N) is 1. The molecule has 7 nitrogen and oxygen atoms in total. The fourth-order valence-corrected chi connectivity index (χ4v) is 3.77. The molecular formula is C23H26N2O5. The zero-order valence-corrected chi connectivity index (χ0v) is 17.2. The molecule has 1 aliphatic rings. The highest BCUT2D eigenvalue weighted by molar-refractivity contribution is 6.07. The summed E-state index contributed by atoms with van der Waals surface area (Å²) in [5.41, 5.74) is 2.52. The molecule has 1 aliphatic heterocycles. The molecule has 2 aromatic heterocycles. The lowest BCUT2D eigenvalue weighted by atomic mass is 9.90. The number of carbonyl (C=O) groups excluding carboxylic acids is 1. The minimum Gasteiger partial charge on any atom is -0.489 e. The molecule has 1 amide bonds. The summed E-state index contributed by atoms with van der Waals surface area (Å²) in [6.45, 7) is 5.06. The fraction of sp³-hybridized carbons (Fsp3) is 0.391. The molecule has 0 radical (unpaired) electrons. The van der Waals surface area contributed by atoms with Crippen LogP contribution in [0.4, 0.5) is 0 Å². The Morgan fingerprint density at radius 3 is 2.80 bits per heavy atom. The minimum absolute atomic E-state index is 0.129. The Morgan fingerprint density at radius 1 is 1.27 bits per heavy atom. The van der Waals surface area contributed by atoms with Crippen molar-refractivity contribution in [3.8, 4) is 5.75 Å². The smallest absolute Gasteiger partial charge is 0.255 e. The first kappa shape index (κ1) is 20.4. The Labute approximate surface area is 175 Å². The number of benzene rings is 1. The zero-order chi connectivity index (χ0) is 21.1. The Bertz CT molecular complexity index is 1050. The number of ether oxygens (including phenoxy) is 2. The van der Waals surface area contributed by atoms with Crippen molar-refractivity contribution in [2.75, 3.05) is 19.8 Å². The molecule has 0 unspecified atom stereocenters. The first-order chi connectivity index (χ1) is 14.5. The molecule has 0 aliphatic carbocycles. The van der Waals surface area contributed by atoms with E-state index in [0.717, 1.165) is 11.1 Å². The van der Waals surface area contributed by atoms with Crippen LogP contribution in [0, 0.1) is 13.8 Å². The molecule has 0 bridgehead atoms. The molecule has 1 fully saturated rings. The highest BCUT2D eigenvalue weighted by atomic mass is 16.5. The van der Waals surface area contributed by atoms with E-state index in [1.54, 1.807) is 25.4 Å². The van der Waals surface area contributed by atoms with Gasteiger partial charge in [-0.1, -0.05) is 0 Å². The molecule has 4 rings (SSSR count). The Hall–Kier alpha value is -2.90. The van der Waals surface area contributed by atoms with Crippen LogP contribution in [-0.2, 0) is 11.3 Å². The lowest BCUT2D eigenvalue weighted by molar-refractivity contribution is 0.0125. The van der Waals surface area contributed by atoms with Gasteiger partial charge in [-0.05, 0) is 56.5 Å². The normalized spacial score (nSPS) is 15.8. The van der Waals surface area contributed by atoms with Crippen molar-refractivity contribution >= 4 is 16.9 Å². The van der Waals surface area contributed by atoms with Crippen LogP contribution in [-0.4, -0.2) is 41.4 Å². The quantitative estimate of drug-likeness (QED) is 0.648. The van der Waals surface area contributed by atoms with Crippen LogP contribution in [0.5, 0.6) is 5.75 Å². The maximum Gasteiger partial charge on any atom is 0.255 e. The average molecular weight is 410 g/mol. The molecule has 0 atom stereocenters. The van der Waals surface area contributed by atoms with Crippen LogP contribution < -0.4 is 10.1 Å². The van der Waals surface area contributed by atoms with Gasteiger partial charge in [-0.3, -0.25) is 9.78 Å². The third-order valence-electron chi connectivity index (χ3n) is 5.74. The number of aliphatic hydroxyl groups excluding tert-OH is 1. The number of amides is 1. The van der Waals surface area contributed by atoms with Crippen LogP contribution >= 0.6 is 0 Å². The van der Waals surface area contributed by atoms with Gasteiger partial charge in [0.15, 0.2) is 0 Å². The number of carbonyl (C=O) groups is 1. The van der Waals surface area contributed by atoms with Crippen LogP contribution in [0.3, 0.4) is 0 Å². The van der Waals surface area contributed by atoms with Gasteiger partial charge in [-0.15, -0.1) is 0 Å².